The summed E-state index contributed by atoms with van der Waals surface area (Å²) in [6.45, 7) is 0.371. The van der Waals surface area contributed by atoms with Gasteiger partial charge in [-0.2, -0.15) is 0 Å². The number of hydrogen-bond acceptors (Lipinski definition) is 5. The predicted octanol–water partition coefficient (Wildman–Crippen LogP) is 1.60. The number of nitrogens with zero attached hydrogens (tertiary/aromatic N) is 2. The maximum atomic E-state index is 11.5. The van der Waals surface area contributed by atoms with Crippen LogP contribution in [0.15, 0.2) is 18.2 Å². The number of carbonyl (C=O) groups excluding carboxylic acids is 1. The minimum atomic E-state index is -1.50. The molecule has 1 aliphatic heterocycles. The highest BCUT2D eigenvalue weighted by Gasteiger charge is 2.31. The lowest BCUT2D eigenvalue weighted by atomic mass is 9.96. The van der Waals surface area contributed by atoms with Crippen LogP contribution in [0, 0.1) is 10.1 Å². The number of carbonyl (C=O) groups is 2. The molecule has 0 aliphatic carbocycles. The lowest BCUT2D eigenvalue weighted by Crippen LogP contribution is -2.18. The fraction of sp³-hybridized carbons (Fsp3) is 0.333. The van der Waals surface area contributed by atoms with Crippen molar-refractivity contribution in [2.75, 3.05) is 13.6 Å². The van der Waals surface area contributed by atoms with E-state index in [9.17, 15) is 19.7 Å². The van der Waals surface area contributed by atoms with Crippen molar-refractivity contribution in [1.82, 2.24) is 4.90 Å². The van der Waals surface area contributed by atoms with E-state index in [1.54, 1.807) is 7.05 Å². The van der Waals surface area contributed by atoms with Gasteiger partial charge >= 0.3 is 6.16 Å². The number of non-ortho nitro benzene ring substituents is 1. The zero-order valence-electron chi connectivity index (χ0n) is 10.6. The van der Waals surface area contributed by atoms with Gasteiger partial charge in [0.1, 0.15) is 5.75 Å². The number of likely N-dealkylation sites (tertiary alicyclic amines) is 1. The molecule has 0 bridgehead atoms. The zero-order valence-corrected chi connectivity index (χ0v) is 10.6. The minimum Gasteiger partial charge on any atom is -0.449 e. The molecule has 8 nitrogen and oxygen atoms in total. The van der Waals surface area contributed by atoms with E-state index in [1.807, 2.05) is 0 Å². The van der Waals surface area contributed by atoms with Crippen LogP contribution in [0.1, 0.15) is 17.9 Å². The fourth-order valence-corrected chi connectivity index (χ4v) is 2.23. The number of nitro groups is 1. The van der Waals surface area contributed by atoms with Crippen LogP contribution in [-0.2, 0) is 4.79 Å². The van der Waals surface area contributed by atoms with Crippen LogP contribution in [-0.4, -0.2) is 40.6 Å². The van der Waals surface area contributed by atoms with Gasteiger partial charge in [-0.05, 0) is 6.07 Å². The molecule has 1 atom stereocenters. The Hall–Kier alpha value is -2.64. The normalized spacial score (nSPS) is 18.1. The molecule has 0 aromatic heterocycles. The number of nitro benzene ring substituents is 1. The van der Waals surface area contributed by atoms with E-state index in [1.165, 1.54) is 23.1 Å². The highest BCUT2D eigenvalue weighted by molar-refractivity contribution is 5.80. The first kappa shape index (κ1) is 13.8. The van der Waals surface area contributed by atoms with Crippen molar-refractivity contribution in [3.05, 3.63) is 33.9 Å². The molecule has 0 spiro atoms. The van der Waals surface area contributed by atoms with Crippen molar-refractivity contribution in [1.29, 1.82) is 0 Å². The molecule has 1 amide bonds. The average molecular weight is 280 g/mol. The lowest BCUT2D eigenvalue weighted by Gasteiger charge is -2.13. The molecule has 1 heterocycles. The monoisotopic (exact) mass is 280 g/mol. The summed E-state index contributed by atoms with van der Waals surface area (Å²) in [5.74, 6) is -0.388. The van der Waals surface area contributed by atoms with Crippen LogP contribution in [0.5, 0.6) is 5.75 Å². The second-order valence-electron chi connectivity index (χ2n) is 4.52. The van der Waals surface area contributed by atoms with Gasteiger partial charge < -0.3 is 14.7 Å². The number of benzene rings is 1. The summed E-state index contributed by atoms with van der Waals surface area (Å²) in [7, 11) is 1.62. The molecule has 1 fully saturated rings. The SMILES string of the molecule is CN1C[C@@H](c2cc([N+](=O)[O-])ccc2OC(=O)O)CC1=O. The van der Waals surface area contributed by atoms with Crippen LogP contribution >= 0.6 is 0 Å². The Morgan fingerprint density at radius 2 is 2.25 bits per heavy atom. The van der Waals surface area contributed by atoms with Crippen LogP contribution in [0.4, 0.5) is 10.5 Å². The molecule has 1 aromatic carbocycles. The minimum absolute atomic E-state index is 0.0243. The Morgan fingerprint density at radius 1 is 1.55 bits per heavy atom. The van der Waals surface area contributed by atoms with Crippen molar-refractivity contribution >= 4 is 17.7 Å². The van der Waals surface area contributed by atoms with E-state index < -0.39 is 11.1 Å². The molecule has 0 radical (unpaired) electrons. The first-order chi connectivity index (χ1) is 9.38. The largest absolute Gasteiger partial charge is 0.511 e. The summed E-state index contributed by atoms with van der Waals surface area (Å²) in [6.07, 6.45) is -1.33. The molecule has 1 saturated heterocycles. The Labute approximate surface area is 113 Å². The van der Waals surface area contributed by atoms with E-state index in [0.717, 1.165) is 0 Å². The molecule has 20 heavy (non-hydrogen) atoms. The molecule has 2 rings (SSSR count). The van der Waals surface area contributed by atoms with E-state index >= 15 is 0 Å². The van der Waals surface area contributed by atoms with Crippen LogP contribution in [0.3, 0.4) is 0 Å². The Kier molecular flexibility index (Phi) is 3.55. The Balaban J connectivity index is 2.41. The topological polar surface area (TPSA) is 110 Å². The molecule has 1 N–H and O–H groups in total. The second kappa shape index (κ2) is 5.16. The average Bonchev–Trinajstić information content (AvgIpc) is 2.69. The summed E-state index contributed by atoms with van der Waals surface area (Å²) in [5, 5.41) is 19.5. The molecular formula is C12H12N2O6. The number of likely N-dealkylation sites (N-methyl/N-ethyl adjacent to an activating group) is 1. The predicted molar refractivity (Wildman–Crippen MR) is 66.7 cm³/mol. The van der Waals surface area contributed by atoms with Gasteiger partial charge in [0.2, 0.25) is 5.91 Å². The molecule has 106 valence electrons. The zero-order chi connectivity index (χ0) is 14.9. The van der Waals surface area contributed by atoms with Crippen molar-refractivity contribution in [3.63, 3.8) is 0 Å². The fourth-order valence-electron chi connectivity index (χ4n) is 2.23. The maximum absolute atomic E-state index is 11.5. The van der Waals surface area contributed by atoms with Crippen molar-refractivity contribution in [3.8, 4) is 5.75 Å². The van der Waals surface area contributed by atoms with Crippen molar-refractivity contribution < 1.29 is 24.4 Å². The van der Waals surface area contributed by atoms with Gasteiger partial charge in [0.15, 0.2) is 0 Å². The van der Waals surface area contributed by atoms with Gasteiger partial charge in [0, 0.05) is 43.6 Å². The first-order valence-electron chi connectivity index (χ1n) is 5.81. The second-order valence-corrected chi connectivity index (χ2v) is 4.52. The molecule has 0 saturated carbocycles. The molecule has 1 aliphatic rings. The molecular weight excluding hydrogens is 268 g/mol. The highest BCUT2D eigenvalue weighted by Crippen LogP contribution is 2.36. The van der Waals surface area contributed by atoms with E-state index in [4.69, 9.17) is 5.11 Å². The number of rotatable bonds is 3. The highest BCUT2D eigenvalue weighted by atomic mass is 16.7. The summed E-state index contributed by atoms with van der Waals surface area (Å²) in [6, 6.07) is 3.67. The smallest absolute Gasteiger partial charge is 0.449 e. The summed E-state index contributed by atoms with van der Waals surface area (Å²) in [4.78, 5) is 33.9. The van der Waals surface area contributed by atoms with Gasteiger partial charge in [-0.3, -0.25) is 14.9 Å². The van der Waals surface area contributed by atoms with Crippen molar-refractivity contribution in [2.24, 2.45) is 0 Å². The lowest BCUT2D eigenvalue weighted by molar-refractivity contribution is -0.385. The third-order valence-corrected chi connectivity index (χ3v) is 3.18. The Morgan fingerprint density at radius 3 is 2.75 bits per heavy atom. The van der Waals surface area contributed by atoms with Gasteiger partial charge in [-0.1, -0.05) is 0 Å². The number of carboxylic acid groups (broad SMARTS) is 1. The van der Waals surface area contributed by atoms with Gasteiger partial charge in [-0.15, -0.1) is 0 Å². The maximum Gasteiger partial charge on any atom is 0.511 e. The third-order valence-electron chi connectivity index (χ3n) is 3.18. The van der Waals surface area contributed by atoms with Crippen LogP contribution in [0.25, 0.3) is 0 Å². The molecule has 8 heteroatoms. The quantitative estimate of drug-likeness (QED) is 0.389. The van der Waals surface area contributed by atoms with E-state index in [-0.39, 0.29) is 29.7 Å². The third kappa shape index (κ3) is 2.68. The first-order valence-corrected chi connectivity index (χ1v) is 5.81. The summed E-state index contributed by atoms with van der Waals surface area (Å²) < 4.78 is 4.63. The van der Waals surface area contributed by atoms with Gasteiger partial charge in [-0.25, -0.2) is 4.79 Å². The van der Waals surface area contributed by atoms with Crippen LogP contribution in [0.2, 0.25) is 0 Å². The van der Waals surface area contributed by atoms with Crippen LogP contribution < -0.4 is 4.74 Å². The van der Waals surface area contributed by atoms with E-state index in [2.05, 4.69) is 4.74 Å². The number of amides is 1. The van der Waals surface area contributed by atoms with Crippen molar-refractivity contribution in [2.45, 2.75) is 12.3 Å². The van der Waals surface area contributed by atoms with E-state index in [0.29, 0.717) is 12.1 Å². The number of ether oxygens (including phenoxy) is 1. The van der Waals surface area contributed by atoms with Gasteiger partial charge in [0.25, 0.3) is 5.69 Å². The Bertz CT molecular complexity index is 585. The molecule has 0 unspecified atom stereocenters. The summed E-state index contributed by atoms with van der Waals surface area (Å²) in [5.41, 5.74) is 0.194. The van der Waals surface area contributed by atoms with Gasteiger partial charge in [0.05, 0.1) is 4.92 Å². The molecule has 1 aromatic rings. The number of hydrogen-bond donors (Lipinski definition) is 1. The standard InChI is InChI=1S/C12H12N2O6/c1-13-6-7(4-11(13)15)9-5-8(14(18)19)2-3-10(9)20-12(16)17/h2-3,5,7H,4,6H2,1H3,(H,16,17)/t7-/m0/s1. The summed E-state index contributed by atoms with van der Waals surface area (Å²) >= 11 is 0.